The van der Waals surface area contributed by atoms with Crippen molar-refractivity contribution in [2.75, 3.05) is 19.0 Å². The van der Waals surface area contributed by atoms with Crippen molar-refractivity contribution in [2.45, 2.75) is 13.0 Å². The van der Waals surface area contributed by atoms with Crippen molar-refractivity contribution < 1.29 is 4.74 Å². The lowest BCUT2D eigenvalue weighted by Crippen LogP contribution is -2.40. The number of anilines is 1. The summed E-state index contributed by atoms with van der Waals surface area (Å²) in [7, 11) is 4.40. The second-order valence-corrected chi connectivity index (χ2v) is 3.97. The highest BCUT2D eigenvalue weighted by Crippen LogP contribution is 2.07. The van der Waals surface area contributed by atoms with Gasteiger partial charge in [0.15, 0.2) is 5.56 Å². The van der Waals surface area contributed by atoms with Gasteiger partial charge >= 0.3 is 5.69 Å². The number of aromatic nitrogens is 2. The van der Waals surface area contributed by atoms with Gasteiger partial charge in [-0.05, 0) is 6.92 Å². The van der Waals surface area contributed by atoms with E-state index in [1.54, 1.807) is 7.11 Å². The van der Waals surface area contributed by atoms with Crippen molar-refractivity contribution in [2.24, 2.45) is 14.1 Å². The average Bonchev–Trinajstić information content (AvgIpc) is 2.38. The molecule has 0 radical (unpaired) electrons. The summed E-state index contributed by atoms with van der Waals surface area (Å²) in [5.41, 5.74) is -1.16. The van der Waals surface area contributed by atoms with Crippen LogP contribution in [-0.4, -0.2) is 28.9 Å². The molecule has 1 aromatic heterocycles. The monoisotopic (exact) mass is 252 g/mol. The van der Waals surface area contributed by atoms with Gasteiger partial charge in [-0.15, -0.1) is 0 Å². The summed E-state index contributed by atoms with van der Waals surface area (Å²) < 4.78 is 7.20. The number of nitrogens with zero attached hydrogens (tertiary/aromatic N) is 3. The van der Waals surface area contributed by atoms with E-state index in [1.165, 1.54) is 18.7 Å². The smallest absolute Gasteiger partial charge is 0.332 e. The molecular weight excluding hydrogens is 236 g/mol. The zero-order valence-corrected chi connectivity index (χ0v) is 10.9. The Morgan fingerprint density at radius 1 is 1.39 bits per heavy atom. The topological polar surface area (TPSA) is 89.1 Å². The third kappa shape index (κ3) is 2.43. The van der Waals surface area contributed by atoms with E-state index in [2.05, 4.69) is 5.32 Å². The van der Waals surface area contributed by atoms with E-state index in [-0.39, 0.29) is 17.5 Å². The summed E-state index contributed by atoms with van der Waals surface area (Å²) >= 11 is 0. The fraction of sp³-hybridized carbons (Fsp3) is 0.545. The number of hydrogen-bond acceptors (Lipinski definition) is 5. The molecule has 1 N–H and O–H groups in total. The van der Waals surface area contributed by atoms with Crippen LogP contribution in [0, 0.1) is 11.3 Å². The molecule has 1 atom stereocenters. The maximum Gasteiger partial charge on any atom is 0.332 e. The minimum Gasteiger partial charge on any atom is -0.380 e. The predicted octanol–water partition coefficient (Wildman–Crippen LogP) is -0.598. The zero-order valence-electron chi connectivity index (χ0n) is 10.9. The van der Waals surface area contributed by atoms with Crippen LogP contribution in [-0.2, 0) is 18.8 Å². The molecule has 18 heavy (non-hydrogen) atoms. The van der Waals surface area contributed by atoms with Gasteiger partial charge in [0.05, 0.1) is 6.10 Å². The van der Waals surface area contributed by atoms with Crippen LogP contribution in [0.15, 0.2) is 9.59 Å². The van der Waals surface area contributed by atoms with Gasteiger partial charge < -0.3 is 10.1 Å². The molecule has 0 fully saturated rings. The van der Waals surface area contributed by atoms with E-state index in [0.29, 0.717) is 6.54 Å². The zero-order chi connectivity index (χ0) is 13.9. The summed E-state index contributed by atoms with van der Waals surface area (Å²) in [5.74, 6) is 0.217. The molecule has 0 bridgehead atoms. The first-order valence-electron chi connectivity index (χ1n) is 5.40. The van der Waals surface area contributed by atoms with Crippen molar-refractivity contribution in [3.05, 3.63) is 26.4 Å². The molecule has 0 spiro atoms. The second kappa shape index (κ2) is 5.51. The Kier molecular flexibility index (Phi) is 4.28. The van der Waals surface area contributed by atoms with Crippen molar-refractivity contribution in [1.29, 1.82) is 5.26 Å². The third-order valence-electron chi connectivity index (χ3n) is 2.74. The van der Waals surface area contributed by atoms with E-state index < -0.39 is 11.2 Å². The van der Waals surface area contributed by atoms with Crippen molar-refractivity contribution in [1.82, 2.24) is 9.13 Å². The van der Waals surface area contributed by atoms with E-state index in [1.807, 2.05) is 13.0 Å². The maximum atomic E-state index is 11.8. The highest BCUT2D eigenvalue weighted by Gasteiger charge is 2.15. The highest BCUT2D eigenvalue weighted by molar-refractivity contribution is 5.51. The molecule has 0 saturated heterocycles. The lowest BCUT2D eigenvalue weighted by Gasteiger charge is -2.16. The first-order valence-corrected chi connectivity index (χ1v) is 5.40. The molecule has 7 nitrogen and oxygen atoms in total. The summed E-state index contributed by atoms with van der Waals surface area (Å²) in [6.07, 6.45) is -0.101. The van der Waals surface area contributed by atoms with Gasteiger partial charge in [0, 0.05) is 27.7 Å². The van der Waals surface area contributed by atoms with E-state index >= 15 is 0 Å². The molecule has 1 aromatic rings. The number of nitriles is 1. The Balaban J connectivity index is 3.31. The van der Waals surface area contributed by atoms with Gasteiger partial charge in [-0.3, -0.25) is 13.9 Å². The molecule has 1 unspecified atom stereocenters. The Bertz CT molecular complexity index is 594. The molecule has 0 aliphatic heterocycles. The highest BCUT2D eigenvalue weighted by atomic mass is 16.5. The van der Waals surface area contributed by atoms with Crippen LogP contribution in [0.4, 0.5) is 5.82 Å². The lowest BCUT2D eigenvalue weighted by molar-refractivity contribution is 0.128. The van der Waals surface area contributed by atoms with E-state index in [0.717, 1.165) is 4.57 Å². The quantitative estimate of drug-likeness (QED) is 0.773. The van der Waals surface area contributed by atoms with Gasteiger partial charge in [-0.2, -0.15) is 5.26 Å². The number of rotatable bonds is 4. The minimum absolute atomic E-state index is 0.0806. The number of methoxy groups -OCH3 is 1. The summed E-state index contributed by atoms with van der Waals surface area (Å²) in [4.78, 5) is 23.5. The molecule has 0 amide bonds. The average molecular weight is 252 g/mol. The summed E-state index contributed by atoms with van der Waals surface area (Å²) in [6.45, 7) is 2.23. The van der Waals surface area contributed by atoms with Gasteiger partial charge in [0.2, 0.25) is 0 Å². The molecule has 98 valence electrons. The largest absolute Gasteiger partial charge is 0.380 e. The van der Waals surface area contributed by atoms with Crippen LogP contribution < -0.4 is 16.6 Å². The van der Waals surface area contributed by atoms with Crippen LogP contribution in [0.3, 0.4) is 0 Å². The maximum absolute atomic E-state index is 11.8. The second-order valence-electron chi connectivity index (χ2n) is 3.97. The number of ether oxygens (including phenoxy) is 1. The number of nitrogens with one attached hydrogen (secondary N) is 1. The Hall–Kier alpha value is -2.07. The molecule has 0 saturated carbocycles. The van der Waals surface area contributed by atoms with E-state index in [4.69, 9.17) is 10.00 Å². The van der Waals surface area contributed by atoms with Crippen molar-refractivity contribution >= 4 is 5.82 Å². The molecular formula is C11H16N4O3. The first-order chi connectivity index (χ1) is 8.43. The molecule has 1 rings (SSSR count). The van der Waals surface area contributed by atoms with Gasteiger partial charge in [0.1, 0.15) is 11.9 Å². The SMILES string of the molecule is COC(C)CNc1c(C#N)c(=O)n(C)c(=O)n1C. The molecule has 0 aliphatic carbocycles. The van der Waals surface area contributed by atoms with Crippen LogP contribution in [0.5, 0.6) is 0 Å². The Morgan fingerprint density at radius 2 is 2.00 bits per heavy atom. The van der Waals surface area contributed by atoms with Crippen LogP contribution in [0.25, 0.3) is 0 Å². The minimum atomic E-state index is -0.604. The standard InChI is InChI=1S/C11H16N4O3/c1-7(18-4)6-13-9-8(5-12)10(16)15(3)11(17)14(9)2/h7,13H,6H2,1-4H3. The van der Waals surface area contributed by atoms with Gasteiger partial charge in [0.25, 0.3) is 5.56 Å². The fourth-order valence-corrected chi connectivity index (χ4v) is 1.48. The molecule has 1 heterocycles. The van der Waals surface area contributed by atoms with Crippen LogP contribution >= 0.6 is 0 Å². The number of hydrogen-bond donors (Lipinski definition) is 1. The molecule has 0 aromatic carbocycles. The van der Waals surface area contributed by atoms with Gasteiger partial charge in [-0.1, -0.05) is 0 Å². The third-order valence-corrected chi connectivity index (χ3v) is 2.74. The first kappa shape index (κ1) is 14.0. The fourth-order valence-electron chi connectivity index (χ4n) is 1.48. The van der Waals surface area contributed by atoms with Crippen LogP contribution in [0.1, 0.15) is 12.5 Å². The Labute approximate surface area is 104 Å². The van der Waals surface area contributed by atoms with Crippen molar-refractivity contribution in [3.63, 3.8) is 0 Å². The van der Waals surface area contributed by atoms with Crippen LogP contribution in [0.2, 0.25) is 0 Å². The normalized spacial score (nSPS) is 11.9. The lowest BCUT2D eigenvalue weighted by atomic mass is 10.3. The molecule has 7 heteroatoms. The molecule has 0 aliphatic rings. The Morgan fingerprint density at radius 3 is 2.50 bits per heavy atom. The van der Waals surface area contributed by atoms with E-state index in [9.17, 15) is 9.59 Å². The summed E-state index contributed by atoms with van der Waals surface area (Å²) in [5, 5.41) is 11.9. The summed E-state index contributed by atoms with van der Waals surface area (Å²) in [6, 6.07) is 1.82. The van der Waals surface area contributed by atoms with Gasteiger partial charge in [-0.25, -0.2) is 4.79 Å². The van der Waals surface area contributed by atoms with Crippen molar-refractivity contribution in [3.8, 4) is 6.07 Å². The predicted molar refractivity (Wildman–Crippen MR) is 66.6 cm³/mol.